The highest BCUT2D eigenvalue weighted by Crippen LogP contribution is 2.32. The molecular weight excluding hydrogens is 376 g/mol. The second-order valence-corrected chi connectivity index (χ2v) is 7.36. The highest BCUT2D eigenvalue weighted by molar-refractivity contribution is 7.99. The lowest BCUT2D eigenvalue weighted by molar-refractivity contribution is 0.0951. The van der Waals surface area contributed by atoms with Gasteiger partial charge in [-0.15, -0.1) is 0 Å². The van der Waals surface area contributed by atoms with Crippen LogP contribution in [0.2, 0.25) is 5.02 Å². The molecule has 0 bridgehead atoms. The molecule has 0 saturated heterocycles. The van der Waals surface area contributed by atoms with E-state index in [-0.39, 0.29) is 5.91 Å². The average molecular weight is 393 g/mol. The second-order valence-electron chi connectivity index (χ2n) is 5.84. The topological polar surface area (TPSA) is 52.9 Å². The zero-order chi connectivity index (χ0) is 19.1. The van der Waals surface area contributed by atoms with Crippen LogP contribution in [0.1, 0.15) is 21.5 Å². The number of carbonyl (C=O) groups excluding carboxylic acids is 1. The minimum atomic E-state index is -0.124. The van der Waals surface area contributed by atoms with Crippen molar-refractivity contribution in [2.24, 2.45) is 0 Å². The lowest BCUT2D eigenvalue weighted by Gasteiger charge is -2.11. The number of halogens is 1. The Kier molecular flexibility index (Phi) is 6.54. The summed E-state index contributed by atoms with van der Waals surface area (Å²) in [5.74, 6) is -0.124. The van der Waals surface area contributed by atoms with E-state index in [9.17, 15) is 10.1 Å². The first-order chi connectivity index (χ1) is 13.2. The number of nitrogens with zero attached hydrogens (tertiary/aromatic N) is 1. The zero-order valence-electron chi connectivity index (χ0n) is 14.5. The fourth-order valence-corrected chi connectivity index (χ4v) is 3.73. The Bertz CT molecular complexity index is 980. The van der Waals surface area contributed by atoms with E-state index in [1.807, 2.05) is 60.7 Å². The molecule has 3 rings (SSSR count). The maximum Gasteiger partial charge on any atom is 0.252 e. The van der Waals surface area contributed by atoms with Crippen molar-refractivity contribution in [1.82, 2.24) is 5.32 Å². The van der Waals surface area contributed by atoms with Crippen molar-refractivity contribution in [2.45, 2.75) is 16.2 Å². The number of nitrogens with one attached hydrogen (secondary N) is 1. The van der Waals surface area contributed by atoms with E-state index in [4.69, 9.17) is 11.6 Å². The molecule has 0 aromatic heterocycles. The van der Waals surface area contributed by atoms with Crippen molar-refractivity contribution < 1.29 is 4.79 Å². The highest BCUT2D eigenvalue weighted by Gasteiger charge is 2.13. The Balaban J connectivity index is 1.68. The summed E-state index contributed by atoms with van der Waals surface area (Å²) >= 11 is 7.32. The molecule has 3 aromatic carbocycles. The van der Waals surface area contributed by atoms with Gasteiger partial charge in [-0.1, -0.05) is 59.8 Å². The first-order valence-electron chi connectivity index (χ1n) is 8.46. The number of carbonyl (C=O) groups is 1. The summed E-state index contributed by atoms with van der Waals surface area (Å²) in [6.45, 7) is 0.536. The Morgan fingerprint density at radius 1 is 0.963 bits per heavy atom. The van der Waals surface area contributed by atoms with Gasteiger partial charge < -0.3 is 5.32 Å². The van der Waals surface area contributed by atoms with Gasteiger partial charge in [0.2, 0.25) is 0 Å². The molecule has 27 heavy (non-hydrogen) atoms. The SMILES string of the molecule is N#Cc1ccccc1Sc1ccccc1C(=O)NCCc1ccc(Cl)cc1. The molecule has 0 unspecified atom stereocenters. The number of amides is 1. The lowest BCUT2D eigenvalue weighted by atomic mass is 10.1. The van der Waals surface area contributed by atoms with E-state index in [1.165, 1.54) is 11.8 Å². The summed E-state index contributed by atoms with van der Waals surface area (Å²) in [4.78, 5) is 14.3. The summed E-state index contributed by atoms with van der Waals surface area (Å²) in [7, 11) is 0. The largest absolute Gasteiger partial charge is 0.352 e. The van der Waals surface area contributed by atoms with Crippen molar-refractivity contribution in [3.63, 3.8) is 0 Å². The molecule has 0 aliphatic rings. The van der Waals surface area contributed by atoms with Crippen molar-refractivity contribution in [1.29, 1.82) is 5.26 Å². The van der Waals surface area contributed by atoms with Gasteiger partial charge in [-0.05, 0) is 48.4 Å². The molecule has 3 nitrogen and oxygen atoms in total. The van der Waals surface area contributed by atoms with Crippen LogP contribution in [0.3, 0.4) is 0 Å². The van der Waals surface area contributed by atoms with Gasteiger partial charge >= 0.3 is 0 Å². The van der Waals surface area contributed by atoms with Crippen LogP contribution in [0.15, 0.2) is 82.6 Å². The summed E-state index contributed by atoms with van der Waals surface area (Å²) in [6.07, 6.45) is 0.732. The Labute approximate surface area is 168 Å². The minimum Gasteiger partial charge on any atom is -0.352 e. The molecular formula is C22H17ClN2OS. The Hall–Kier alpha value is -2.74. The van der Waals surface area contributed by atoms with E-state index in [1.54, 1.807) is 12.1 Å². The van der Waals surface area contributed by atoms with Crippen LogP contribution in [0.5, 0.6) is 0 Å². The monoisotopic (exact) mass is 392 g/mol. The second kappa shape index (κ2) is 9.27. The van der Waals surface area contributed by atoms with Crippen LogP contribution in [-0.4, -0.2) is 12.5 Å². The molecule has 0 radical (unpaired) electrons. The molecule has 0 aliphatic heterocycles. The normalized spacial score (nSPS) is 10.2. The number of benzene rings is 3. The van der Waals surface area contributed by atoms with Crippen LogP contribution >= 0.6 is 23.4 Å². The third-order valence-electron chi connectivity index (χ3n) is 3.97. The molecule has 1 amide bonds. The van der Waals surface area contributed by atoms with Crippen molar-refractivity contribution in [3.05, 3.63) is 94.5 Å². The van der Waals surface area contributed by atoms with Gasteiger partial charge in [0.1, 0.15) is 6.07 Å². The molecule has 0 saturated carbocycles. The van der Waals surface area contributed by atoms with Gasteiger partial charge in [-0.3, -0.25) is 4.79 Å². The average Bonchev–Trinajstić information content (AvgIpc) is 2.70. The van der Waals surface area contributed by atoms with Crippen LogP contribution in [0.25, 0.3) is 0 Å². The highest BCUT2D eigenvalue weighted by atomic mass is 35.5. The number of nitriles is 1. The first kappa shape index (κ1) is 19.0. The van der Waals surface area contributed by atoms with Gasteiger partial charge in [0.25, 0.3) is 5.91 Å². The van der Waals surface area contributed by atoms with Gasteiger partial charge in [0, 0.05) is 21.4 Å². The van der Waals surface area contributed by atoms with E-state index in [0.717, 1.165) is 21.8 Å². The Morgan fingerprint density at radius 3 is 2.37 bits per heavy atom. The zero-order valence-corrected chi connectivity index (χ0v) is 16.1. The number of hydrogen-bond donors (Lipinski definition) is 1. The molecule has 0 heterocycles. The smallest absolute Gasteiger partial charge is 0.252 e. The van der Waals surface area contributed by atoms with Gasteiger partial charge in [-0.2, -0.15) is 5.26 Å². The minimum absolute atomic E-state index is 0.124. The van der Waals surface area contributed by atoms with Gasteiger partial charge in [0.15, 0.2) is 0 Å². The Morgan fingerprint density at radius 2 is 1.63 bits per heavy atom. The fourth-order valence-electron chi connectivity index (χ4n) is 2.58. The summed E-state index contributed by atoms with van der Waals surface area (Å²) in [6, 6.07) is 24.6. The van der Waals surface area contributed by atoms with E-state index in [2.05, 4.69) is 11.4 Å². The predicted molar refractivity (Wildman–Crippen MR) is 109 cm³/mol. The number of hydrogen-bond acceptors (Lipinski definition) is 3. The van der Waals surface area contributed by atoms with E-state index in [0.29, 0.717) is 22.7 Å². The maximum absolute atomic E-state index is 12.6. The van der Waals surface area contributed by atoms with Crippen LogP contribution in [0.4, 0.5) is 0 Å². The molecule has 0 fully saturated rings. The fraction of sp³-hybridized carbons (Fsp3) is 0.0909. The summed E-state index contributed by atoms with van der Waals surface area (Å²) in [5, 5.41) is 12.9. The molecule has 1 N–H and O–H groups in total. The lowest BCUT2D eigenvalue weighted by Crippen LogP contribution is -2.26. The number of rotatable bonds is 6. The van der Waals surface area contributed by atoms with Gasteiger partial charge in [0.05, 0.1) is 11.1 Å². The first-order valence-corrected chi connectivity index (χ1v) is 9.65. The third kappa shape index (κ3) is 5.13. The van der Waals surface area contributed by atoms with Crippen LogP contribution < -0.4 is 5.32 Å². The maximum atomic E-state index is 12.6. The van der Waals surface area contributed by atoms with Gasteiger partial charge in [-0.25, -0.2) is 0 Å². The van der Waals surface area contributed by atoms with E-state index >= 15 is 0 Å². The molecule has 0 atom stereocenters. The molecule has 3 aromatic rings. The summed E-state index contributed by atoms with van der Waals surface area (Å²) in [5.41, 5.74) is 2.32. The molecule has 5 heteroatoms. The third-order valence-corrected chi connectivity index (χ3v) is 5.38. The van der Waals surface area contributed by atoms with Crippen molar-refractivity contribution in [3.8, 4) is 6.07 Å². The summed E-state index contributed by atoms with van der Waals surface area (Å²) < 4.78 is 0. The van der Waals surface area contributed by atoms with E-state index < -0.39 is 0 Å². The molecule has 0 aliphatic carbocycles. The predicted octanol–water partition coefficient (Wildman–Crippen LogP) is 5.34. The quantitative estimate of drug-likeness (QED) is 0.616. The van der Waals surface area contributed by atoms with Crippen molar-refractivity contribution >= 4 is 29.3 Å². The van der Waals surface area contributed by atoms with Crippen LogP contribution in [-0.2, 0) is 6.42 Å². The molecule has 134 valence electrons. The van der Waals surface area contributed by atoms with Crippen LogP contribution in [0, 0.1) is 11.3 Å². The molecule has 0 spiro atoms. The standard InChI is InChI=1S/C22H17ClN2OS/c23-18-11-9-16(10-12-18)13-14-25-22(26)19-6-2-4-8-21(19)27-20-7-3-1-5-17(20)15-24/h1-12H,13-14H2,(H,25,26). The van der Waals surface area contributed by atoms with Crippen molar-refractivity contribution in [2.75, 3.05) is 6.54 Å².